The van der Waals surface area contributed by atoms with Gasteiger partial charge in [0.2, 0.25) is 5.91 Å². The molecule has 2 aromatic carbocycles. The summed E-state index contributed by atoms with van der Waals surface area (Å²) in [7, 11) is 3.54. The molecule has 188 valence electrons. The van der Waals surface area contributed by atoms with Crippen molar-refractivity contribution in [3.05, 3.63) is 93.9 Å². The molecule has 3 aliphatic heterocycles. The third-order valence-corrected chi connectivity index (χ3v) is 9.68. The molecule has 11 heteroatoms. The van der Waals surface area contributed by atoms with Gasteiger partial charge >= 0.3 is 0 Å². The zero-order valence-electron chi connectivity index (χ0n) is 20.0. The van der Waals surface area contributed by atoms with Crippen molar-refractivity contribution in [2.24, 2.45) is 0 Å². The molecule has 1 aromatic heterocycles. The molecule has 3 unspecified atom stereocenters. The number of likely N-dealkylation sites (N-methyl/N-ethyl adjacent to an activating group) is 2. The summed E-state index contributed by atoms with van der Waals surface area (Å²) in [6.07, 6.45) is 1.53. The number of carbonyl (C=O) groups excluding carboxylic acids is 2. The number of benzene rings is 2. The van der Waals surface area contributed by atoms with Crippen molar-refractivity contribution in [3.63, 3.8) is 0 Å². The van der Waals surface area contributed by atoms with Crippen LogP contribution in [0.15, 0.2) is 71.3 Å². The Morgan fingerprint density at radius 1 is 1.11 bits per heavy atom. The van der Waals surface area contributed by atoms with Crippen molar-refractivity contribution in [2.45, 2.75) is 22.7 Å². The van der Waals surface area contributed by atoms with Gasteiger partial charge in [-0.3, -0.25) is 29.5 Å². The highest BCUT2D eigenvalue weighted by Crippen LogP contribution is 2.66. The van der Waals surface area contributed by atoms with Crippen molar-refractivity contribution in [2.75, 3.05) is 25.5 Å². The molecular weight excluding hydrogens is 512 g/mol. The van der Waals surface area contributed by atoms with E-state index in [1.807, 2.05) is 36.2 Å². The number of anilines is 1. The molecule has 0 saturated carbocycles. The maximum Gasteiger partial charge on any atom is 0.269 e. The molecule has 2 spiro atoms. The number of thioether (sulfide) groups is 1. The number of non-ortho nitro benzene ring substituents is 1. The number of rotatable bonds is 4. The van der Waals surface area contributed by atoms with Crippen LogP contribution in [0.25, 0.3) is 0 Å². The van der Waals surface area contributed by atoms with Gasteiger partial charge in [-0.15, -0.1) is 0 Å². The minimum Gasteiger partial charge on any atom is -0.467 e. The summed E-state index contributed by atoms with van der Waals surface area (Å²) in [5.74, 6) is -0.528. The number of hydrogen-bond acceptors (Lipinski definition) is 8. The average molecular weight is 535 g/mol. The van der Waals surface area contributed by atoms with Crippen LogP contribution in [0.2, 0.25) is 0 Å². The number of nitro groups is 1. The molecule has 4 heterocycles. The lowest BCUT2D eigenvalue weighted by molar-refractivity contribution is -0.384. The van der Waals surface area contributed by atoms with Crippen LogP contribution in [-0.4, -0.2) is 56.2 Å². The molecule has 6 rings (SSSR count). The summed E-state index contributed by atoms with van der Waals surface area (Å²) >= 11 is 6.98. The topological polar surface area (TPSA) is 100 Å². The summed E-state index contributed by atoms with van der Waals surface area (Å²) in [5, 5.41) is 11.6. The predicted molar refractivity (Wildman–Crippen MR) is 142 cm³/mol. The van der Waals surface area contributed by atoms with Crippen LogP contribution in [0, 0.1) is 10.1 Å². The molecule has 0 radical (unpaired) electrons. The number of para-hydroxylation sites is 1. The van der Waals surface area contributed by atoms with Gasteiger partial charge in [0.05, 0.1) is 17.7 Å². The monoisotopic (exact) mass is 534 g/mol. The van der Waals surface area contributed by atoms with Crippen molar-refractivity contribution < 1.29 is 18.9 Å². The summed E-state index contributed by atoms with van der Waals surface area (Å²) in [6, 6.07) is 17.3. The van der Waals surface area contributed by atoms with Gasteiger partial charge in [0.1, 0.15) is 14.8 Å². The number of hydrogen-bond donors (Lipinski definition) is 0. The van der Waals surface area contributed by atoms with Crippen molar-refractivity contribution in [1.29, 1.82) is 0 Å². The molecule has 0 N–H and O–H groups in total. The van der Waals surface area contributed by atoms with Gasteiger partial charge in [0.15, 0.2) is 5.54 Å². The minimum absolute atomic E-state index is 0.0722. The fraction of sp³-hybridized carbons (Fsp3) is 0.269. The van der Waals surface area contributed by atoms with E-state index in [0.29, 0.717) is 22.2 Å². The van der Waals surface area contributed by atoms with E-state index >= 15 is 0 Å². The smallest absolute Gasteiger partial charge is 0.269 e. The molecule has 9 nitrogen and oxygen atoms in total. The van der Waals surface area contributed by atoms with Gasteiger partial charge in [-0.2, -0.15) is 0 Å². The molecule has 3 aromatic rings. The van der Waals surface area contributed by atoms with Crippen LogP contribution in [0.4, 0.5) is 11.4 Å². The molecular formula is C26H22N4O5S2. The first-order valence-corrected chi connectivity index (χ1v) is 12.9. The first-order valence-electron chi connectivity index (χ1n) is 11.6. The SMILES string of the molecule is CN1C(=O)C2(c3ccccc31)N(C)CC(c1cccc([N+](=O)[O-])c1)C21SC(=S)N(Cc2ccco2)C1=O. The summed E-state index contributed by atoms with van der Waals surface area (Å²) in [5.41, 5.74) is 0.624. The normalized spacial score (nSPS) is 27.2. The fourth-order valence-corrected chi connectivity index (χ4v) is 8.33. The highest BCUT2D eigenvalue weighted by molar-refractivity contribution is 8.25. The second-order valence-corrected chi connectivity index (χ2v) is 11.3. The predicted octanol–water partition coefficient (Wildman–Crippen LogP) is 3.89. The number of nitrogens with zero attached hydrogens (tertiary/aromatic N) is 4. The molecule has 2 fully saturated rings. The molecule has 37 heavy (non-hydrogen) atoms. The van der Waals surface area contributed by atoms with Crippen molar-refractivity contribution >= 4 is 51.5 Å². The van der Waals surface area contributed by atoms with Crippen LogP contribution in [0.1, 0.15) is 22.8 Å². The fourth-order valence-electron chi connectivity index (χ4n) is 6.20. The van der Waals surface area contributed by atoms with Gasteiger partial charge in [-0.25, -0.2) is 0 Å². The van der Waals surface area contributed by atoms with Gasteiger partial charge in [-0.1, -0.05) is 54.3 Å². The lowest BCUT2D eigenvalue weighted by Crippen LogP contribution is -2.62. The lowest BCUT2D eigenvalue weighted by atomic mass is 9.72. The maximum atomic E-state index is 14.7. The Kier molecular flexibility index (Phi) is 5.30. The standard InChI is InChI=1S/C26H22N4O5S2/c1-27-15-20(16-7-5-8-17(13-16)30(33)34)26(23(32)29(24(36)37-26)14-18-9-6-12-35-18)25(27)19-10-3-4-11-21(19)28(2)22(25)31/h3-13,20H,14-15H2,1-2H3. The Hall–Kier alpha value is -3.54. The number of carbonyl (C=O) groups is 2. The Morgan fingerprint density at radius 2 is 1.89 bits per heavy atom. The number of thiocarbonyl (C=S) groups is 1. The van der Waals surface area contributed by atoms with Gasteiger partial charge in [0, 0.05) is 42.9 Å². The largest absolute Gasteiger partial charge is 0.467 e. The highest BCUT2D eigenvalue weighted by Gasteiger charge is 2.78. The zero-order valence-corrected chi connectivity index (χ0v) is 21.6. The van der Waals surface area contributed by atoms with E-state index in [1.165, 1.54) is 35.1 Å². The number of fused-ring (bicyclic) bond motifs is 3. The second-order valence-electron chi connectivity index (χ2n) is 9.45. The lowest BCUT2D eigenvalue weighted by Gasteiger charge is -2.42. The van der Waals surface area contributed by atoms with Crippen LogP contribution in [-0.2, 0) is 21.7 Å². The molecule has 0 aliphatic carbocycles. The van der Waals surface area contributed by atoms with Gasteiger partial charge < -0.3 is 9.32 Å². The Morgan fingerprint density at radius 3 is 2.62 bits per heavy atom. The summed E-state index contributed by atoms with van der Waals surface area (Å²) < 4.78 is 4.45. The first kappa shape index (κ1) is 23.8. The molecule has 0 bridgehead atoms. The number of likely N-dealkylation sites (tertiary alicyclic amines) is 1. The quantitative estimate of drug-likeness (QED) is 0.282. The summed E-state index contributed by atoms with van der Waals surface area (Å²) in [4.78, 5) is 45.2. The maximum absolute atomic E-state index is 14.7. The third kappa shape index (κ3) is 2.98. The Labute approximate surface area is 222 Å². The molecule has 2 saturated heterocycles. The van der Waals surface area contributed by atoms with E-state index in [1.54, 1.807) is 36.2 Å². The average Bonchev–Trinajstić information content (AvgIpc) is 3.61. The van der Waals surface area contributed by atoms with E-state index in [2.05, 4.69) is 0 Å². The van der Waals surface area contributed by atoms with Crippen molar-refractivity contribution in [3.8, 4) is 0 Å². The third-order valence-electron chi connectivity index (χ3n) is 7.74. The molecule has 2 amide bonds. The van der Waals surface area contributed by atoms with E-state index < -0.39 is 21.1 Å². The van der Waals surface area contributed by atoms with Crippen molar-refractivity contribution in [1.82, 2.24) is 9.80 Å². The van der Waals surface area contributed by atoms with Crippen LogP contribution >= 0.6 is 24.0 Å². The molecule has 3 atom stereocenters. The van der Waals surface area contributed by atoms with Crippen LogP contribution in [0.3, 0.4) is 0 Å². The van der Waals surface area contributed by atoms with Crippen LogP contribution < -0.4 is 4.90 Å². The van der Waals surface area contributed by atoms with Crippen LogP contribution in [0.5, 0.6) is 0 Å². The number of furan rings is 1. The van der Waals surface area contributed by atoms with E-state index in [-0.39, 0.29) is 24.0 Å². The second kappa shape index (κ2) is 8.23. The first-order chi connectivity index (χ1) is 17.7. The molecule has 3 aliphatic rings. The Bertz CT molecular complexity index is 1480. The highest BCUT2D eigenvalue weighted by atomic mass is 32.2. The van der Waals surface area contributed by atoms with Gasteiger partial charge in [0.25, 0.3) is 11.6 Å². The van der Waals surface area contributed by atoms with E-state index in [4.69, 9.17) is 16.6 Å². The Balaban J connectivity index is 1.61. The van der Waals surface area contributed by atoms with E-state index in [9.17, 15) is 19.7 Å². The van der Waals surface area contributed by atoms with Gasteiger partial charge in [-0.05, 0) is 30.8 Å². The number of nitro benzene ring substituents is 1. The van der Waals surface area contributed by atoms with E-state index in [0.717, 1.165) is 11.3 Å². The zero-order chi connectivity index (χ0) is 26.1. The number of amides is 2. The summed E-state index contributed by atoms with van der Waals surface area (Å²) in [6.45, 7) is 0.456. The minimum atomic E-state index is -1.39.